The maximum Gasteiger partial charge on any atom is 0.160 e. The number of nitriles is 1. The number of ether oxygens (including phenoxy) is 2. The molecule has 5 heteroatoms. The highest BCUT2D eigenvalue weighted by molar-refractivity contribution is 5.55. The Balaban J connectivity index is 1.78. The average molecular weight is 336 g/mol. The molecule has 0 saturated heterocycles. The fourth-order valence-corrected chi connectivity index (χ4v) is 4.13. The quantitative estimate of drug-likeness (QED) is 0.913. The molecule has 1 N–H and O–H groups in total. The van der Waals surface area contributed by atoms with E-state index in [0.29, 0.717) is 17.1 Å². The fraction of sp³-hybridized carbons (Fsp3) is 0.350. The Morgan fingerprint density at radius 2 is 2.04 bits per heavy atom. The minimum atomic E-state index is 0.186. The van der Waals surface area contributed by atoms with E-state index in [2.05, 4.69) is 11.0 Å². The van der Waals surface area contributed by atoms with E-state index in [0.717, 1.165) is 31.5 Å². The van der Waals surface area contributed by atoms with Crippen molar-refractivity contribution in [2.24, 2.45) is 0 Å². The molecule has 5 nitrogen and oxygen atoms in total. The molecule has 0 saturated carbocycles. The zero-order valence-electron chi connectivity index (χ0n) is 14.4. The van der Waals surface area contributed by atoms with Crippen LogP contribution in [0.4, 0.5) is 0 Å². The van der Waals surface area contributed by atoms with Gasteiger partial charge in [-0.3, -0.25) is 4.90 Å². The molecule has 1 atom stereocenters. The number of fused-ring (bicyclic) bond motifs is 4. The molecule has 2 aliphatic heterocycles. The van der Waals surface area contributed by atoms with Crippen LogP contribution in [0.15, 0.2) is 24.3 Å². The van der Waals surface area contributed by atoms with Gasteiger partial charge in [-0.1, -0.05) is 6.07 Å². The summed E-state index contributed by atoms with van der Waals surface area (Å²) in [5, 5.41) is 19.5. The Bertz CT molecular complexity index is 885. The van der Waals surface area contributed by atoms with Gasteiger partial charge in [0.2, 0.25) is 0 Å². The number of phenolic OH excluding ortho intramolecular Hbond substituents is 1. The second kappa shape index (κ2) is 5.98. The average Bonchev–Trinajstić information content (AvgIpc) is 2.65. The van der Waals surface area contributed by atoms with Gasteiger partial charge in [-0.2, -0.15) is 5.26 Å². The highest BCUT2D eigenvalue weighted by Gasteiger charge is 2.34. The van der Waals surface area contributed by atoms with Crippen LogP contribution < -0.4 is 9.47 Å². The van der Waals surface area contributed by atoms with E-state index in [1.807, 2.05) is 24.3 Å². The number of aromatic hydroxyl groups is 1. The van der Waals surface area contributed by atoms with Crippen LogP contribution in [-0.2, 0) is 19.4 Å². The summed E-state index contributed by atoms with van der Waals surface area (Å²) in [7, 11) is 3.20. The first-order valence-electron chi connectivity index (χ1n) is 8.39. The number of nitrogens with zero attached hydrogens (tertiary/aromatic N) is 2. The molecule has 2 aromatic carbocycles. The minimum absolute atomic E-state index is 0.186. The van der Waals surface area contributed by atoms with Gasteiger partial charge in [0.1, 0.15) is 11.8 Å². The van der Waals surface area contributed by atoms with Crippen LogP contribution in [0.1, 0.15) is 33.9 Å². The lowest BCUT2D eigenvalue weighted by molar-refractivity contribution is 0.158. The van der Waals surface area contributed by atoms with Gasteiger partial charge < -0.3 is 14.6 Å². The Morgan fingerprint density at radius 1 is 1.20 bits per heavy atom. The van der Waals surface area contributed by atoms with E-state index in [1.54, 1.807) is 14.2 Å². The normalized spacial score (nSPS) is 18.5. The summed E-state index contributed by atoms with van der Waals surface area (Å²) >= 11 is 0. The van der Waals surface area contributed by atoms with Crippen molar-refractivity contribution in [1.82, 2.24) is 4.90 Å². The van der Waals surface area contributed by atoms with E-state index in [-0.39, 0.29) is 11.8 Å². The smallest absolute Gasteiger partial charge is 0.160 e. The lowest BCUT2D eigenvalue weighted by Crippen LogP contribution is -2.39. The molecule has 0 unspecified atom stereocenters. The predicted molar refractivity (Wildman–Crippen MR) is 92.9 cm³/mol. The van der Waals surface area contributed by atoms with Crippen LogP contribution in [0.3, 0.4) is 0 Å². The van der Waals surface area contributed by atoms with Gasteiger partial charge in [-0.05, 0) is 47.7 Å². The zero-order chi connectivity index (χ0) is 17.6. The molecule has 0 amide bonds. The van der Waals surface area contributed by atoms with Crippen molar-refractivity contribution < 1.29 is 14.6 Å². The van der Waals surface area contributed by atoms with Crippen molar-refractivity contribution in [1.29, 1.82) is 5.26 Å². The van der Waals surface area contributed by atoms with Crippen LogP contribution in [0, 0.1) is 11.3 Å². The van der Waals surface area contributed by atoms with E-state index >= 15 is 0 Å². The molecule has 25 heavy (non-hydrogen) atoms. The third-order valence-corrected chi connectivity index (χ3v) is 5.37. The molecule has 0 radical (unpaired) electrons. The summed E-state index contributed by atoms with van der Waals surface area (Å²) in [5.74, 6) is 1.41. The first-order chi connectivity index (χ1) is 12.2. The molecule has 0 aliphatic carbocycles. The van der Waals surface area contributed by atoms with Gasteiger partial charge in [0, 0.05) is 24.7 Å². The molecular weight excluding hydrogens is 316 g/mol. The van der Waals surface area contributed by atoms with Gasteiger partial charge in [0.15, 0.2) is 11.5 Å². The molecule has 0 fully saturated rings. The zero-order valence-corrected chi connectivity index (χ0v) is 14.4. The standard InChI is InChI=1S/C20H20N2O3/c1-24-19-8-13-5-6-22-11-16-12(3-4-14(10-21)20(16)25-2)7-17(22)15(13)9-18(19)23/h3-4,8-9,17,23H,5-7,11H2,1-2H3/t17-/m0/s1. The Labute approximate surface area is 147 Å². The highest BCUT2D eigenvalue weighted by atomic mass is 16.5. The Morgan fingerprint density at radius 3 is 2.76 bits per heavy atom. The summed E-state index contributed by atoms with van der Waals surface area (Å²) in [4.78, 5) is 2.40. The number of phenols is 1. The topological polar surface area (TPSA) is 65.7 Å². The fourth-order valence-electron chi connectivity index (χ4n) is 4.13. The third kappa shape index (κ3) is 2.41. The van der Waals surface area contributed by atoms with Gasteiger partial charge >= 0.3 is 0 Å². The number of methoxy groups -OCH3 is 2. The van der Waals surface area contributed by atoms with Crippen molar-refractivity contribution in [3.8, 4) is 23.3 Å². The van der Waals surface area contributed by atoms with Crippen LogP contribution in [0.25, 0.3) is 0 Å². The molecule has 0 aromatic heterocycles. The Hall–Kier alpha value is -2.71. The summed E-state index contributed by atoms with van der Waals surface area (Å²) in [6.07, 6.45) is 1.76. The number of rotatable bonds is 2. The molecular formula is C20H20N2O3. The van der Waals surface area contributed by atoms with Crippen molar-refractivity contribution in [2.45, 2.75) is 25.4 Å². The molecule has 4 rings (SSSR count). The summed E-state index contributed by atoms with van der Waals surface area (Å²) in [5.41, 5.74) is 5.30. The van der Waals surface area contributed by atoms with Gasteiger partial charge in [-0.25, -0.2) is 0 Å². The number of hydrogen-bond donors (Lipinski definition) is 1. The van der Waals surface area contributed by atoms with Gasteiger partial charge in [0.05, 0.1) is 19.8 Å². The summed E-state index contributed by atoms with van der Waals surface area (Å²) < 4.78 is 10.8. The minimum Gasteiger partial charge on any atom is -0.504 e. The largest absolute Gasteiger partial charge is 0.504 e. The summed E-state index contributed by atoms with van der Waals surface area (Å²) in [6.45, 7) is 1.69. The second-order valence-electron chi connectivity index (χ2n) is 6.56. The van der Waals surface area contributed by atoms with Crippen molar-refractivity contribution >= 4 is 0 Å². The number of hydrogen-bond acceptors (Lipinski definition) is 5. The van der Waals surface area contributed by atoms with Crippen LogP contribution in [0.5, 0.6) is 17.2 Å². The lowest BCUT2D eigenvalue weighted by atomic mass is 9.83. The maximum atomic E-state index is 10.2. The highest BCUT2D eigenvalue weighted by Crippen LogP contribution is 2.44. The summed E-state index contributed by atoms with van der Waals surface area (Å²) in [6, 6.07) is 10.1. The first-order valence-corrected chi connectivity index (χ1v) is 8.39. The maximum absolute atomic E-state index is 10.2. The predicted octanol–water partition coefficient (Wildman–Crippen LogP) is 2.94. The van der Waals surface area contributed by atoms with E-state index < -0.39 is 0 Å². The van der Waals surface area contributed by atoms with Crippen LogP contribution >= 0.6 is 0 Å². The second-order valence-corrected chi connectivity index (χ2v) is 6.56. The van der Waals surface area contributed by atoms with Crippen LogP contribution in [0.2, 0.25) is 0 Å². The molecule has 2 heterocycles. The van der Waals surface area contributed by atoms with E-state index in [4.69, 9.17) is 9.47 Å². The number of benzene rings is 2. The van der Waals surface area contributed by atoms with Crippen molar-refractivity contribution in [2.75, 3.05) is 20.8 Å². The lowest BCUT2D eigenvalue weighted by Gasteiger charge is -2.42. The molecule has 128 valence electrons. The first kappa shape index (κ1) is 15.8. The Kier molecular flexibility index (Phi) is 3.78. The molecule has 0 spiro atoms. The third-order valence-electron chi connectivity index (χ3n) is 5.37. The molecule has 2 aromatic rings. The van der Waals surface area contributed by atoms with Crippen LogP contribution in [-0.4, -0.2) is 30.8 Å². The molecule has 2 aliphatic rings. The van der Waals surface area contributed by atoms with Gasteiger partial charge in [0.25, 0.3) is 0 Å². The molecule has 0 bridgehead atoms. The SMILES string of the molecule is COc1cc2c(cc1O)[C@@H]1Cc3ccc(C#N)c(OC)c3CN1CC2. The van der Waals surface area contributed by atoms with Gasteiger partial charge in [-0.15, -0.1) is 0 Å². The van der Waals surface area contributed by atoms with Crippen molar-refractivity contribution in [3.63, 3.8) is 0 Å². The van der Waals surface area contributed by atoms with Crippen molar-refractivity contribution in [3.05, 3.63) is 52.1 Å². The monoisotopic (exact) mass is 336 g/mol. The van der Waals surface area contributed by atoms with E-state index in [9.17, 15) is 10.4 Å². The van der Waals surface area contributed by atoms with E-state index in [1.165, 1.54) is 16.7 Å².